The van der Waals surface area contributed by atoms with Crippen LogP contribution in [0, 0.1) is 0 Å². The van der Waals surface area contributed by atoms with Crippen molar-refractivity contribution >= 4 is 38.6 Å². The standard InChI is InChI=1S/C18H14F6N2O3S2/c1-3-31(28,29)13-8-11(17(19,20)21)5-6-12(13)16(27)26(2)14-7-4-10(9-25-14)15(30)18(22,23)24/h4-9H,3H2,1-2H3. The third-order valence-corrected chi connectivity index (χ3v) is 6.41. The first-order valence-corrected chi connectivity index (χ1v) is 10.4. The number of benzene rings is 1. The number of carbonyl (C=O) groups is 1. The van der Waals surface area contributed by atoms with E-state index in [0.29, 0.717) is 12.1 Å². The molecule has 31 heavy (non-hydrogen) atoms. The van der Waals surface area contributed by atoms with Crippen molar-refractivity contribution in [2.24, 2.45) is 0 Å². The molecule has 5 nitrogen and oxygen atoms in total. The van der Waals surface area contributed by atoms with Crippen LogP contribution < -0.4 is 4.90 Å². The van der Waals surface area contributed by atoms with Crippen LogP contribution in [-0.2, 0) is 16.0 Å². The lowest BCUT2D eigenvalue weighted by atomic mass is 10.1. The highest BCUT2D eigenvalue weighted by atomic mass is 32.2. The predicted molar refractivity (Wildman–Crippen MR) is 104 cm³/mol. The first-order chi connectivity index (χ1) is 14.1. The topological polar surface area (TPSA) is 67.3 Å². The van der Waals surface area contributed by atoms with E-state index in [2.05, 4.69) is 17.2 Å². The van der Waals surface area contributed by atoms with E-state index in [-0.39, 0.29) is 5.82 Å². The Hall–Kier alpha value is -2.54. The van der Waals surface area contributed by atoms with Crippen molar-refractivity contribution in [2.75, 3.05) is 17.7 Å². The summed E-state index contributed by atoms with van der Waals surface area (Å²) < 4.78 is 102. The Morgan fingerprint density at radius 1 is 1.10 bits per heavy atom. The number of alkyl halides is 6. The Morgan fingerprint density at radius 2 is 1.71 bits per heavy atom. The first-order valence-electron chi connectivity index (χ1n) is 8.39. The van der Waals surface area contributed by atoms with Gasteiger partial charge in [-0.1, -0.05) is 19.1 Å². The molecule has 0 atom stereocenters. The molecule has 0 N–H and O–H groups in total. The minimum Gasteiger partial charge on any atom is -0.296 e. The van der Waals surface area contributed by atoms with E-state index in [9.17, 15) is 39.6 Å². The molecule has 0 aliphatic rings. The zero-order valence-electron chi connectivity index (χ0n) is 15.9. The number of thiocarbonyl (C=S) groups is 1. The molecule has 1 aromatic carbocycles. The number of nitrogens with zero attached hydrogens (tertiary/aromatic N) is 2. The lowest BCUT2D eigenvalue weighted by Gasteiger charge is -2.19. The fourth-order valence-electron chi connectivity index (χ4n) is 2.46. The molecule has 1 heterocycles. The van der Waals surface area contributed by atoms with E-state index in [1.807, 2.05) is 0 Å². The van der Waals surface area contributed by atoms with Crippen LogP contribution >= 0.6 is 12.2 Å². The molecule has 0 bridgehead atoms. The van der Waals surface area contributed by atoms with Crippen molar-refractivity contribution < 1.29 is 39.6 Å². The van der Waals surface area contributed by atoms with Gasteiger partial charge in [0.1, 0.15) is 10.7 Å². The molecular weight excluding hydrogens is 470 g/mol. The number of halogens is 6. The van der Waals surface area contributed by atoms with Gasteiger partial charge in [-0.25, -0.2) is 13.4 Å². The molecule has 0 aliphatic carbocycles. The zero-order valence-corrected chi connectivity index (χ0v) is 17.5. The largest absolute Gasteiger partial charge is 0.427 e. The third kappa shape index (κ3) is 5.39. The van der Waals surface area contributed by atoms with Gasteiger partial charge in [0, 0.05) is 18.8 Å². The van der Waals surface area contributed by atoms with Crippen LogP contribution in [0.25, 0.3) is 0 Å². The second-order valence-electron chi connectivity index (χ2n) is 6.21. The quantitative estimate of drug-likeness (QED) is 0.357. The van der Waals surface area contributed by atoms with Gasteiger partial charge in [-0.15, -0.1) is 0 Å². The van der Waals surface area contributed by atoms with Crippen molar-refractivity contribution in [3.8, 4) is 0 Å². The van der Waals surface area contributed by atoms with Gasteiger partial charge in [0.25, 0.3) is 5.91 Å². The second kappa shape index (κ2) is 8.54. The maximum Gasteiger partial charge on any atom is 0.427 e. The van der Waals surface area contributed by atoms with Crippen LogP contribution in [0.2, 0.25) is 0 Å². The van der Waals surface area contributed by atoms with E-state index in [4.69, 9.17) is 0 Å². The number of aromatic nitrogens is 1. The summed E-state index contributed by atoms with van der Waals surface area (Å²) >= 11 is 4.30. The van der Waals surface area contributed by atoms with E-state index in [1.54, 1.807) is 0 Å². The Labute approximate surface area is 178 Å². The Bertz CT molecular complexity index is 1110. The number of sulfone groups is 1. The third-order valence-electron chi connectivity index (χ3n) is 4.17. The number of carbonyl (C=O) groups excluding carboxylic acids is 1. The van der Waals surface area contributed by atoms with Crippen molar-refractivity contribution in [3.05, 3.63) is 53.2 Å². The first kappa shape index (κ1) is 24.7. The Morgan fingerprint density at radius 3 is 2.16 bits per heavy atom. The fraction of sp³-hybridized carbons (Fsp3) is 0.278. The molecule has 0 fully saturated rings. The maximum absolute atomic E-state index is 13.0. The average molecular weight is 484 g/mol. The molecule has 1 aromatic heterocycles. The number of anilines is 1. The summed E-state index contributed by atoms with van der Waals surface area (Å²) in [5.74, 6) is -1.74. The van der Waals surface area contributed by atoms with Crippen LogP contribution in [0.3, 0.4) is 0 Å². The maximum atomic E-state index is 13.0. The molecule has 2 rings (SSSR count). The SMILES string of the molecule is CCS(=O)(=O)c1cc(C(F)(F)F)ccc1C(=O)N(C)c1ccc(C(=S)C(F)(F)F)cn1. The van der Waals surface area contributed by atoms with Gasteiger partial charge in [0.05, 0.1) is 21.8 Å². The molecular formula is C18H14F6N2O3S2. The normalized spacial score (nSPS) is 12.5. The fourth-order valence-corrected chi connectivity index (χ4v) is 3.68. The second-order valence-corrected chi connectivity index (χ2v) is 8.86. The Balaban J connectivity index is 2.47. The molecule has 0 spiro atoms. The van der Waals surface area contributed by atoms with Crippen LogP contribution in [0.1, 0.15) is 28.4 Å². The highest BCUT2D eigenvalue weighted by molar-refractivity contribution is 7.91. The number of rotatable bonds is 5. The molecule has 1 amide bonds. The molecule has 0 aliphatic heterocycles. The van der Waals surface area contributed by atoms with Gasteiger partial charge < -0.3 is 0 Å². The lowest BCUT2D eigenvalue weighted by molar-refractivity contribution is -0.137. The molecule has 0 unspecified atom stereocenters. The Kier molecular flexibility index (Phi) is 6.81. The monoisotopic (exact) mass is 484 g/mol. The van der Waals surface area contributed by atoms with E-state index >= 15 is 0 Å². The van der Waals surface area contributed by atoms with Gasteiger partial charge in [0.15, 0.2) is 9.84 Å². The van der Waals surface area contributed by atoms with Crippen LogP contribution in [0.15, 0.2) is 41.4 Å². The highest BCUT2D eigenvalue weighted by Crippen LogP contribution is 2.33. The number of hydrogen-bond acceptors (Lipinski definition) is 5. The summed E-state index contributed by atoms with van der Waals surface area (Å²) in [6, 6.07) is 3.69. The minimum atomic E-state index is -4.83. The van der Waals surface area contributed by atoms with Crippen LogP contribution in [0.4, 0.5) is 32.2 Å². The summed E-state index contributed by atoms with van der Waals surface area (Å²) in [6.45, 7) is 1.21. The molecule has 2 aromatic rings. The van der Waals surface area contributed by atoms with Gasteiger partial charge >= 0.3 is 12.4 Å². The lowest BCUT2D eigenvalue weighted by Crippen LogP contribution is -2.29. The van der Waals surface area contributed by atoms with Gasteiger partial charge in [-0.3, -0.25) is 9.69 Å². The van der Waals surface area contributed by atoms with Crippen molar-refractivity contribution in [2.45, 2.75) is 24.2 Å². The summed E-state index contributed by atoms with van der Waals surface area (Å²) in [4.78, 5) is 15.2. The van der Waals surface area contributed by atoms with Gasteiger partial charge in [-0.05, 0) is 30.3 Å². The average Bonchev–Trinajstić information content (AvgIpc) is 2.70. The summed E-state index contributed by atoms with van der Waals surface area (Å²) in [7, 11) is -3.07. The van der Waals surface area contributed by atoms with Crippen molar-refractivity contribution in [1.82, 2.24) is 4.98 Å². The number of hydrogen-bond donors (Lipinski definition) is 0. The summed E-state index contributed by atoms with van der Waals surface area (Å²) in [5.41, 5.74) is -2.20. The predicted octanol–water partition coefficient (Wildman–Crippen LogP) is 4.45. The van der Waals surface area contributed by atoms with Gasteiger partial charge in [-0.2, -0.15) is 26.3 Å². The summed E-state index contributed by atoms with van der Waals surface area (Å²) in [5, 5.41) is 0. The minimum absolute atomic E-state index is 0.168. The molecule has 0 saturated heterocycles. The van der Waals surface area contributed by atoms with E-state index < -0.39 is 60.3 Å². The van der Waals surface area contributed by atoms with Crippen LogP contribution in [-0.4, -0.2) is 43.2 Å². The summed E-state index contributed by atoms with van der Waals surface area (Å²) in [6.07, 6.45) is -8.81. The highest BCUT2D eigenvalue weighted by Gasteiger charge is 2.36. The van der Waals surface area contributed by atoms with E-state index in [0.717, 1.165) is 36.3 Å². The molecule has 168 valence electrons. The molecule has 13 heteroatoms. The number of amides is 1. The van der Waals surface area contributed by atoms with Crippen LogP contribution in [0.5, 0.6) is 0 Å². The molecule has 0 radical (unpaired) electrons. The number of pyridine rings is 1. The van der Waals surface area contributed by atoms with Crippen molar-refractivity contribution in [3.63, 3.8) is 0 Å². The molecule has 0 saturated carbocycles. The smallest absolute Gasteiger partial charge is 0.296 e. The van der Waals surface area contributed by atoms with E-state index in [1.165, 1.54) is 6.92 Å². The van der Waals surface area contributed by atoms with Gasteiger partial charge in [0.2, 0.25) is 0 Å². The van der Waals surface area contributed by atoms with Crippen molar-refractivity contribution in [1.29, 1.82) is 0 Å². The zero-order chi connectivity index (χ0) is 23.8.